The first-order valence-corrected chi connectivity index (χ1v) is 11.5. The zero-order valence-electron chi connectivity index (χ0n) is 14.9. The minimum Gasteiger partial charge on any atom is -0.315 e. The van der Waals surface area contributed by atoms with Crippen molar-refractivity contribution in [2.75, 3.05) is 16.4 Å². The van der Waals surface area contributed by atoms with Gasteiger partial charge in [-0.15, -0.1) is 0 Å². The summed E-state index contributed by atoms with van der Waals surface area (Å²) in [6.07, 6.45) is 2.05. The number of fused-ring (bicyclic) bond motifs is 1. The van der Waals surface area contributed by atoms with Gasteiger partial charge >= 0.3 is 0 Å². The Kier molecular flexibility index (Phi) is 5.25. The molecule has 0 aliphatic carbocycles. The van der Waals surface area contributed by atoms with Gasteiger partial charge in [-0.05, 0) is 24.0 Å². The molecule has 0 N–H and O–H groups in total. The molecule has 2 aliphatic heterocycles. The maximum absolute atomic E-state index is 12.2. The smallest absolute Gasteiger partial charge is 0.247 e. The highest BCUT2D eigenvalue weighted by Crippen LogP contribution is 2.43. The van der Waals surface area contributed by atoms with Gasteiger partial charge in [-0.25, -0.2) is 8.42 Å². The Morgan fingerprint density at radius 3 is 2.40 bits per heavy atom. The van der Waals surface area contributed by atoms with E-state index >= 15 is 0 Å². The zero-order chi connectivity index (χ0) is 18.2. The maximum Gasteiger partial charge on any atom is 0.247 e. The Labute approximate surface area is 153 Å². The highest BCUT2D eigenvalue weighted by molar-refractivity contribution is 8.16. The van der Waals surface area contributed by atoms with Gasteiger partial charge < -0.3 is 4.90 Å². The van der Waals surface area contributed by atoms with Crippen LogP contribution in [0.15, 0.2) is 23.2 Å². The fourth-order valence-electron chi connectivity index (χ4n) is 3.54. The third kappa shape index (κ3) is 3.49. The second-order valence-corrected chi connectivity index (χ2v) is 9.80. The molecule has 0 saturated carbocycles. The molecule has 7 heteroatoms. The van der Waals surface area contributed by atoms with Crippen LogP contribution < -0.4 is 4.90 Å². The summed E-state index contributed by atoms with van der Waals surface area (Å²) in [5, 5.41) is 0.607. The molecule has 136 valence electrons. The van der Waals surface area contributed by atoms with Gasteiger partial charge in [-0.3, -0.25) is 4.79 Å². The summed E-state index contributed by atoms with van der Waals surface area (Å²) in [6.45, 7) is 5.98. The number of amides is 1. The van der Waals surface area contributed by atoms with E-state index in [2.05, 4.69) is 31.0 Å². The standard InChI is InChI=1S/C18H24N2O3S2/c1-4-12-8-7-9-13(5-2)17(12)20-14-10-25(22,23)11-15(14)24-18(20)19-16(21)6-3/h7-9,14-15H,4-6,10-11H2,1-3H3/t14-,15+/m0/s1. The number of anilines is 1. The molecule has 2 atom stereocenters. The molecular formula is C18H24N2O3S2. The monoisotopic (exact) mass is 380 g/mol. The predicted molar refractivity (Wildman–Crippen MR) is 104 cm³/mol. The van der Waals surface area contributed by atoms with Gasteiger partial charge in [0.1, 0.15) is 0 Å². The van der Waals surface area contributed by atoms with E-state index in [1.807, 2.05) is 11.0 Å². The van der Waals surface area contributed by atoms with Gasteiger partial charge in [0.25, 0.3) is 0 Å². The van der Waals surface area contributed by atoms with Crippen LogP contribution in [0.1, 0.15) is 38.3 Å². The second kappa shape index (κ2) is 7.11. The van der Waals surface area contributed by atoms with Crippen LogP contribution in [-0.2, 0) is 27.5 Å². The molecule has 1 aromatic rings. The number of aliphatic imine (C=N–C) groups is 1. The van der Waals surface area contributed by atoms with E-state index < -0.39 is 9.84 Å². The number of hydrogen-bond donors (Lipinski definition) is 0. The summed E-state index contributed by atoms with van der Waals surface area (Å²) in [4.78, 5) is 18.3. The molecule has 0 unspecified atom stereocenters. The molecule has 0 radical (unpaired) electrons. The highest BCUT2D eigenvalue weighted by Gasteiger charge is 2.50. The third-order valence-corrected chi connectivity index (χ3v) is 8.00. The van der Waals surface area contributed by atoms with Crippen LogP contribution in [0.2, 0.25) is 0 Å². The van der Waals surface area contributed by atoms with Crippen LogP contribution in [0, 0.1) is 0 Å². The minimum absolute atomic E-state index is 0.0528. The van der Waals surface area contributed by atoms with Crippen molar-refractivity contribution in [3.05, 3.63) is 29.3 Å². The summed E-state index contributed by atoms with van der Waals surface area (Å²) >= 11 is 1.44. The molecular weight excluding hydrogens is 356 g/mol. The lowest BCUT2D eigenvalue weighted by atomic mass is 10.0. The minimum atomic E-state index is -3.05. The molecule has 3 rings (SSSR count). The Bertz CT molecular complexity index is 795. The van der Waals surface area contributed by atoms with Crippen molar-refractivity contribution in [1.29, 1.82) is 0 Å². The Hall–Kier alpha value is -1.34. The molecule has 0 bridgehead atoms. The van der Waals surface area contributed by atoms with Crippen LogP contribution in [0.25, 0.3) is 0 Å². The van der Waals surface area contributed by atoms with E-state index in [1.54, 1.807) is 6.92 Å². The van der Waals surface area contributed by atoms with Crippen LogP contribution >= 0.6 is 11.8 Å². The maximum atomic E-state index is 12.2. The van der Waals surface area contributed by atoms with Gasteiger partial charge in [0.05, 0.1) is 17.5 Å². The highest BCUT2D eigenvalue weighted by atomic mass is 32.2. The van der Waals surface area contributed by atoms with Crippen LogP contribution in [0.3, 0.4) is 0 Å². The number of rotatable bonds is 4. The summed E-state index contributed by atoms with van der Waals surface area (Å²) in [5.74, 6) is 0.126. The topological polar surface area (TPSA) is 66.8 Å². The van der Waals surface area contributed by atoms with E-state index in [4.69, 9.17) is 0 Å². The van der Waals surface area contributed by atoms with E-state index in [1.165, 1.54) is 22.9 Å². The molecule has 5 nitrogen and oxygen atoms in total. The van der Waals surface area contributed by atoms with Crippen molar-refractivity contribution >= 4 is 38.4 Å². The first kappa shape index (κ1) is 18.5. The number of hydrogen-bond acceptors (Lipinski definition) is 4. The lowest BCUT2D eigenvalue weighted by Gasteiger charge is -2.29. The van der Waals surface area contributed by atoms with Crippen LogP contribution in [0.4, 0.5) is 5.69 Å². The second-order valence-electron chi connectivity index (χ2n) is 6.44. The number of carbonyl (C=O) groups is 1. The van der Waals surface area contributed by atoms with E-state index in [0.717, 1.165) is 18.5 Å². The Balaban J connectivity index is 2.15. The number of amidine groups is 1. The number of aryl methyl sites for hydroxylation is 2. The van der Waals surface area contributed by atoms with Gasteiger partial charge in [-0.1, -0.05) is 50.7 Å². The molecule has 25 heavy (non-hydrogen) atoms. The number of benzene rings is 1. The Morgan fingerprint density at radius 2 is 1.84 bits per heavy atom. The molecule has 2 aliphatic rings. The largest absolute Gasteiger partial charge is 0.315 e. The fourth-order valence-corrected chi connectivity index (χ4v) is 7.45. The summed E-state index contributed by atoms with van der Waals surface area (Å²) < 4.78 is 24.3. The van der Waals surface area contributed by atoms with E-state index in [0.29, 0.717) is 11.6 Å². The first-order chi connectivity index (χ1) is 11.9. The molecule has 2 fully saturated rings. The number of thioether (sulfide) groups is 1. The summed E-state index contributed by atoms with van der Waals surface area (Å²) in [7, 11) is -3.05. The lowest BCUT2D eigenvalue weighted by Crippen LogP contribution is -2.39. The molecule has 0 spiro atoms. The van der Waals surface area contributed by atoms with Gasteiger partial charge in [0.15, 0.2) is 15.0 Å². The van der Waals surface area contributed by atoms with Crippen molar-refractivity contribution < 1.29 is 13.2 Å². The molecule has 1 aromatic carbocycles. The quantitative estimate of drug-likeness (QED) is 0.803. The Morgan fingerprint density at radius 1 is 1.20 bits per heavy atom. The molecule has 2 saturated heterocycles. The normalized spacial score (nSPS) is 26.2. The van der Waals surface area contributed by atoms with Crippen molar-refractivity contribution in [2.24, 2.45) is 4.99 Å². The molecule has 0 aromatic heterocycles. The average Bonchev–Trinajstić information content (AvgIpc) is 3.04. The van der Waals surface area contributed by atoms with Crippen LogP contribution in [-0.4, -0.2) is 42.3 Å². The number of sulfone groups is 1. The summed E-state index contributed by atoms with van der Waals surface area (Å²) in [5.41, 5.74) is 3.38. The van der Waals surface area contributed by atoms with E-state index in [9.17, 15) is 13.2 Å². The molecule has 1 amide bonds. The van der Waals surface area contributed by atoms with Crippen LogP contribution in [0.5, 0.6) is 0 Å². The molecule has 2 heterocycles. The average molecular weight is 381 g/mol. The fraction of sp³-hybridized carbons (Fsp3) is 0.556. The zero-order valence-corrected chi connectivity index (χ0v) is 16.5. The van der Waals surface area contributed by atoms with Crippen molar-refractivity contribution in [2.45, 2.75) is 51.3 Å². The van der Waals surface area contributed by atoms with Crippen molar-refractivity contribution in [3.8, 4) is 0 Å². The lowest BCUT2D eigenvalue weighted by molar-refractivity contribution is -0.117. The van der Waals surface area contributed by atoms with Gasteiger partial charge in [-0.2, -0.15) is 4.99 Å². The summed E-state index contributed by atoms with van der Waals surface area (Å²) in [6, 6.07) is 6.06. The van der Waals surface area contributed by atoms with Crippen molar-refractivity contribution in [1.82, 2.24) is 0 Å². The predicted octanol–water partition coefficient (Wildman–Crippen LogP) is 2.82. The number of carbonyl (C=O) groups excluding carboxylic acids is 1. The van der Waals surface area contributed by atoms with Gasteiger partial charge in [0, 0.05) is 17.4 Å². The number of nitrogens with zero attached hydrogens (tertiary/aromatic N) is 2. The third-order valence-electron chi connectivity index (χ3n) is 4.80. The van der Waals surface area contributed by atoms with E-state index in [-0.39, 0.29) is 28.7 Å². The SMILES string of the molecule is CCC(=O)N=C1S[C@@H]2CS(=O)(=O)C[C@@H]2N1c1c(CC)cccc1CC. The first-order valence-electron chi connectivity index (χ1n) is 8.78. The number of para-hydroxylation sites is 1. The van der Waals surface area contributed by atoms with Gasteiger partial charge in [0.2, 0.25) is 5.91 Å². The van der Waals surface area contributed by atoms with Crippen molar-refractivity contribution in [3.63, 3.8) is 0 Å².